The third kappa shape index (κ3) is 11.7. The van der Waals surface area contributed by atoms with E-state index in [0.29, 0.717) is 5.75 Å². The van der Waals surface area contributed by atoms with Crippen LogP contribution in [-0.2, 0) is 13.4 Å². The molecular weight excluding hydrogens is 1020 g/mol. The fourth-order valence-corrected chi connectivity index (χ4v) is 8.20. The van der Waals surface area contributed by atoms with Crippen LogP contribution in [0.2, 0.25) is 0 Å². The number of para-hydroxylation sites is 1. The van der Waals surface area contributed by atoms with E-state index in [4.69, 9.17) is 19.9 Å². The Morgan fingerprint density at radius 1 is 0.690 bits per heavy atom. The molecule has 0 unspecified atom stereocenters. The van der Waals surface area contributed by atoms with Crippen LogP contribution in [0.5, 0.6) is 5.75 Å². The minimum Gasteiger partial charge on any atom is -0.378 e. The van der Waals surface area contributed by atoms with Gasteiger partial charge >= 0.3 is 0 Å². The summed E-state index contributed by atoms with van der Waals surface area (Å²) in [6, 6.07) is 38.6. The Morgan fingerprint density at radius 2 is 1.21 bits per heavy atom. The molecule has 0 aliphatic heterocycles. The molecule has 0 bridgehead atoms. The molecule has 0 fully saturated rings. The quantitative estimate of drug-likeness (QED) is 0.0497. The molecule has 0 amide bonds. The number of anilines is 2. The molecule has 8 rings (SSSR count). The number of fused-ring (bicyclic) bond motifs is 2. The SMILES string of the molecule is C.CN(C)c1ccc(-c2cnc3[nH]cc(I)c3c2)cc1.CN(C)c1ccc(-c2cnc3c(c2)c(I)cn3SOOc2ccccc2)cc1.O=S(=O)(Cl)c1ccccc1. The second-order valence-electron chi connectivity index (χ2n) is 12.8. The lowest BCUT2D eigenvalue weighted by Gasteiger charge is -2.12. The topological polar surface area (TPSA) is 106 Å². The van der Waals surface area contributed by atoms with E-state index in [-0.39, 0.29) is 12.3 Å². The van der Waals surface area contributed by atoms with Gasteiger partial charge in [0.15, 0.2) is 23.6 Å². The molecule has 8 aromatic rings. The lowest BCUT2D eigenvalue weighted by Crippen LogP contribution is -2.07. The van der Waals surface area contributed by atoms with Crippen LogP contribution in [0.4, 0.5) is 11.4 Å². The van der Waals surface area contributed by atoms with Crippen LogP contribution < -0.4 is 14.7 Å². The first-order valence-corrected chi connectivity index (χ1v) is 22.4. The van der Waals surface area contributed by atoms with Crippen molar-refractivity contribution in [1.29, 1.82) is 0 Å². The zero-order chi connectivity index (χ0) is 40.5. The monoisotopic (exact) mass is 1060 g/mol. The zero-order valence-corrected chi connectivity index (χ0v) is 37.9. The summed E-state index contributed by atoms with van der Waals surface area (Å²) in [7, 11) is 9.67. The maximum absolute atomic E-state index is 10.6. The molecule has 4 aromatic heterocycles. The standard InChI is InChI=1S/C21H18IN3O2S.C15H14IN3.C6H5ClO2S.CH4/c1-24(2)17-10-8-15(9-11-17)16-12-19-20(22)14-25(21(19)23-13-16)28-27-26-18-6-4-3-5-7-18;1-19(2)12-5-3-10(4-6-12)11-7-13-14(16)9-18-15(13)17-8-11;7-10(8,9)6-4-2-1-3-5-6;/h3-14H,1-2H3;3-9H,1-2H3,(H,17,18);1-5H;1H4. The van der Waals surface area contributed by atoms with Gasteiger partial charge in [0.1, 0.15) is 5.65 Å². The highest BCUT2D eigenvalue weighted by Crippen LogP contribution is 2.31. The van der Waals surface area contributed by atoms with Gasteiger partial charge in [0.2, 0.25) is 0 Å². The molecule has 0 atom stereocenters. The van der Waals surface area contributed by atoms with Gasteiger partial charge in [-0.1, -0.05) is 72.4 Å². The maximum Gasteiger partial charge on any atom is 0.261 e. The molecule has 1 N–H and O–H groups in total. The van der Waals surface area contributed by atoms with E-state index in [9.17, 15) is 8.42 Å². The lowest BCUT2D eigenvalue weighted by atomic mass is 10.1. The number of hydrogen-bond acceptors (Lipinski definition) is 9. The van der Waals surface area contributed by atoms with Crippen LogP contribution in [-0.4, -0.2) is 55.5 Å². The first-order valence-electron chi connectivity index (χ1n) is 17.3. The second-order valence-corrected chi connectivity index (χ2v) is 18.4. The Labute approximate surface area is 375 Å². The van der Waals surface area contributed by atoms with Crippen molar-refractivity contribution in [1.82, 2.24) is 18.9 Å². The van der Waals surface area contributed by atoms with Crippen molar-refractivity contribution in [3.63, 3.8) is 0 Å². The van der Waals surface area contributed by atoms with Crippen molar-refractivity contribution in [2.45, 2.75) is 12.3 Å². The summed E-state index contributed by atoms with van der Waals surface area (Å²) in [6.07, 6.45) is 7.77. The highest BCUT2D eigenvalue weighted by atomic mass is 127. The van der Waals surface area contributed by atoms with E-state index < -0.39 is 9.05 Å². The Balaban J connectivity index is 0.000000184. The number of nitrogens with zero attached hydrogens (tertiary/aromatic N) is 5. The molecule has 4 aromatic carbocycles. The Hall–Kier alpha value is -4.33. The van der Waals surface area contributed by atoms with E-state index >= 15 is 0 Å². The van der Waals surface area contributed by atoms with Gasteiger partial charge in [-0.15, -0.1) is 0 Å². The summed E-state index contributed by atoms with van der Waals surface area (Å²) >= 11 is 5.73. The molecule has 300 valence electrons. The van der Waals surface area contributed by atoms with Crippen LogP contribution in [0.1, 0.15) is 7.43 Å². The van der Waals surface area contributed by atoms with Crippen LogP contribution in [0.25, 0.3) is 44.3 Å². The van der Waals surface area contributed by atoms with Gasteiger partial charge < -0.3 is 19.7 Å². The molecule has 15 heteroatoms. The van der Waals surface area contributed by atoms with Crippen LogP contribution in [0.3, 0.4) is 0 Å². The van der Waals surface area contributed by atoms with Crippen molar-refractivity contribution in [3.05, 3.63) is 153 Å². The average Bonchev–Trinajstić information content (AvgIpc) is 3.76. The number of aromatic nitrogens is 4. The fraction of sp³-hybridized carbons (Fsp3) is 0.116. The highest BCUT2D eigenvalue weighted by Gasteiger charge is 2.12. The highest BCUT2D eigenvalue weighted by molar-refractivity contribution is 14.1. The molecule has 0 radical (unpaired) electrons. The molecule has 0 aliphatic carbocycles. The smallest absolute Gasteiger partial charge is 0.261 e. The molecule has 58 heavy (non-hydrogen) atoms. The molecule has 4 heterocycles. The van der Waals surface area contributed by atoms with Crippen molar-refractivity contribution in [3.8, 4) is 28.0 Å². The predicted octanol–water partition coefficient (Wildman–Crippen LogP) is 11.9. The normalized spacial score (nSPS) is 10.8. The maximum atomic E-state index is 10.6. The Bertz CT molecular complexity index is 2660. The molecule has 0 spiro atoms. The third-order valence-corrected chi connectivity index (χ3v) is 12.2. The third-order valence-electron chi connectivity index (χ3n) is 8.49. The molecular formula is C43H41ClI2N6O4S2. The van der Waals surface area contributed by atoms with Gasteiger partial charge in [-0.05, 0) is 117 Å². The van der Waals surface area contributed by atoms with E-state index in [1.807, 2.05) is 87.3 Å². The number of benzene rings is 4. The molecule has 10 nitrogen and oxygen atoms in total. The first-order chi connectivity index (χ1) is 27.4. The summed E-state index contributed by atoms with van der Waals surface area (Å²) in [5.41, 5.74) is 8.71. The zero-order valence-electron chi connectivity index (χ0n) is 31.2. The van der Waals surface area contributed by atoms with E-state index in [2.05, 4.69) is 131 Å². The average molecular weight is 1060 g/mol. The van der Waals surface area contributed by atoms with E-state index in [1.54, 1.807) is 18.2 Å². The van der Waals surface area contributed by atoms with E-state index in [0.717, 1.165) is 49.2 Å². The minimum absolute atomic E-state index is 0. The van der Waals surface area contributed by atoms with E-state index in [1.165, 1.54) is 38.0 Å². The summed E-state index contributed by atoms with van der Waals surface area (Å²) < 4.78 is 30.7. The van der Waals surface area contributed by atoms with Crippen LogP contribution in [0.15, 0.2) is 151 Å². The number of nitrogens with one attached hydrogen (secondary N) is 1. The largest absolute Gasteiger partial charge is 0.378 e. The Kier molecular flexibility index (Phi) is 15.9. The number of H-pyrrole nitrogens is 1. The minimum atomic E-state index is -3.53. The number of aromatic amines is 1. The fourth-order valence-electron chi connectivity index (χ4n) is 5.44. The first kappa shape index (κ1) is 44.8. The Morgan fingerprint density at radius 3 is 1.72 bits per heavy atom. The number of rotatable bonds is 9. The molecule has 0 aliphatic rings. The number of hydrogen-bond donors (Lipinski definition) is 1. The summed E-state index contributed by atoms with van der Waals surface area (Å²) in [5.74, 6) is 0.651. The number of halogens is 3. The summed E-state index contributed by atoms with van der Waals surface area (Å²) in [4.78, 5) is 21.9. The van der Waals surface area contributed by atoms with Gasteiger partial charge in [0.05, 0.1) is 4.90 Å². The molecule has 0 saturated heterocycles. The predicted molar refractivity (Wildman–Crippen MR) is 258 cm³/mol. The van der Waals surface area contributed by atoms with Crippen LogP contribution >= 0.6 is 68.1 Å². The second kappa shape index (κ2) is 20.6. The van der Waals surface area contributed by atoms with Gasteiger partial charge in [-0.3, -0.25) is 0 Å². The summed E-state index contributed by atoms with van der Waals surface area (Å²) in [5, 5.41) is 2.25. The van der Waals surface area contributed by atoms with Gasteiger partial charge in [-0.25, -0.2) is 22.4 Å². The van der Waals surface area contributed by atoms with Gasteiger partial charge in [-0.2, -0.15) is 0 Å². The van der Waals surface area contributed by atoms with Gasteiger partial charge in [0.25, 0.3) is 9.05 Å². The van der Waals surface area contributed by atoms with Crippen molar-refractivity contribution in [2.24, 2.45) is 0 Å². The van der Waals surface area contributed by atoms with Crippen molar-refractivity contribution < 1.29 is 17.6 Å². The summed E-state index contributed by atoms with van der Waals surface area (Å²) in [6.45, 7) is 0. The lowest BCUT2D eigenvalue weighted by molar-refractivity contribution is -0.0785. The molecule has 0 saturated carbocycles. The number of pyridine rings is 2. The van der Waals surface area contributed by atoms with Crippen LogP contribution in [0, 0.1) is 7.14 Å². The van der Waals surface area contributed by atoms with Crippen molar-refractivity contribution in [2.75, 3.05) is 38.0 Å². The van der Waals surface area contributed by atoms with Gasteiger partial charge in [0, 0.05) is 104 Å². The van der Waals surface area contributed by atoms with Crippen molar-refractivity contribution >= 4 is 111 Å².